The van der Waals surface area contributed by atoms with Crippen molar-refractivity contribution in [2.24, 2.45) is 0 Å². The molecule has 2 aromatic carbocycles. The Balaban J connectivity index is 2.08. The molecule has 0 aliphatic rings. The third-order valence-corrected chi connectivity index (χ3v) is 3.47. The van der Waals surface area contributed by atoms with Crippen molar-refractivity contribution in [1.82, 2.24) is 0 Å². The van der Waals surface area contributed by atoms with Crippen molar-refractivity contribution in [3.63, 3.8) is 0 Å². The molecule has 2 rings (SSSR count). The number of hydrogen-bond acceptors (Lipinski definition) is 5. The number of amides is 1. The van der Waals surface area contributed by atoms with Gasteiger partial charge in [0.05, 0.1) is 23.8 Å². The Kier molecular flexibility index (Phi) is 6.00. The van der Waals surface area contributed by atoms with Crippen LogP contribution in [0.15, 0.2) is 54.2 Å². The first-order valence-electron chi connectivity index (χ1n) is 7.09. The Morgan fingerprint density at radius 1 is 1.16 bits per heavy atom. The van der Waals surface area contributed by atoms with E-state index in [1.54, 1.807) is 36.4 Å². The van der Waals surface area contributed by atoms with E-state index in [9.17, 15) is 4.79 Å². The zero-order chi connectivity index (χ0) is 18.2. The molecule has 2 N–H and O–H groups in total. The number of nitrogens with zero attached hydrogens (tertiary/aromatic N) is 2. The smallest absolute Gasteiger partial charge is 0.267 e. The van der Waals surface area contributed by atoms with Gasteiger partial charge in [-0.1, -0.05) is 11.6 Å². The van der Waals surface area contributed by atoms with E-state index in [4.69, 9.17) is 26.9 Å². The van der Waals surface area contributed by atoms with Crippen LogP contribution >= 0.6 is 11.6 Å². The molecule has 25 heavy (non-hydrogen) atoms. The van der Waals surface area contributed by atoms with Crippen LogP contribution in [0.25, 0.3) is 0 Å². The molecule has 0 atom stereocenters. The molecule has 0 saturated heterocycles. The first-order valence-corrected chi connectivity index (χ1v) is 7.47. The predicted molar refractivity (Wildman–Crippen MR) is 95.1 cm³/mol. The summed E-state index contributed by atoms with van der Waals surface area (Å²) >= 11 is 6.00. The number of benzene rings is 2. The first-order chi connectivity index (χ1) is 12.1. The van der Waals surface area contributed by atoms with Crippen molar-refractivity contribution in [1.29, 1.82) is 10.5 Å². The average molecular weight is 353 g/mol. The van der Waals surface area contributed by atoms with Gasteiger partial charge in [0.1, 0.15) is 17.4 Å². The lowest BCUT2D eigenvalue weighted by atomic mass is 10.2. The normalized spacial score (nSPS) is 10.3. The molecule has 2 aromatic rings. The zero-order valence-corrected chi connectivity index (χ0v) is 14.0. The van der Waals surface area contributed by atoms with E-state index in [0.717, 1.165) is 0 Å². The van der Waals surface area contributed by atoms with E-state index in [1.165, 1.54) is 19.4 Å². The number of ether oxygens (including phenoxy) is 1. The number of rotatable bonds is 5. The molecular weight excluding hydrogens is 340 g/mol. The molecule has 0 heterocycles. The van der Waals surface area contributed by atoms with E-state index in [0.29, 0.717) is 27.7 Å². The number of carbonyl (C=O) groups is 1. The first kappa shape index (κ1) is 17.9. The highest BCUT2D eigenvalue weighted by atomic mass is 35.5. The zero-order valence-electron chi connectivity index (χ0n) is 13.2. The van der Waals surface area contributed by atoms with Crippen LogP contribution in [0, 0.1) is 22.7 Å². The second-order valence-electron chi connectivity index (χ2n) is 4.81. The molecule has 0 aromatic heterocycles. The highest BCUT2D eigenvalue weighted by Gasteiger charge is 2.10. The van der Waals surface area contributed by atoms with Gasteiger partial charge in [0, 0.05) is 17.6 Å². The van der Waals surface area contributed by atoms with Crippen LogP contribution in [0.1, 0.15) is 5.56 Å². The fourth-order valence-corrected chi connectivity index (χ4v) is 2.15. The van der Waals surface area contributed by atoms with Crippen molar-refractivity contribution in [3.8, 4) is 17.9 Å². The summed E-state index contributed by atoms with van der Waals surface area (Å²) in [6.45, 7) is 0. The maximum Gasteiger partial charge on any atom is 0.267 e. The Bertz CT molecular complexity index is 893. The highest BCUT2D eigenvalue weighted by molar-refractivity contribution is 6.32. The van der Waals surface area contributed by atoms with Crippen LogP contribution in [0.4, 0.5) is 11.4 Å². The molecule has 0 aliphatic carbocycles. The molecule has 0 spiro atoms. The molecule has 0 aliphatic heterocycles. The number of anilines is 2. The van der Waals surface area contributed by atoms with Crippen molar-refractivity contribution in [2.45, 2.75) is 0 Å². The lowest BCUT2D eigenvalue weighted by Gasteiger charge is -2.08. The van der Waals surface area contributed by atoms with Gasteiger partial charge in [-0.3, -0.25) is 4.79 Å². The average Bonchev–Trinajstić information content (AvgIpc) is 2.63. The Morgan fingerprint density at radius 3 is 2.40 bits per heavy atom. The van der Waals surface area contributed by atoms with E-state index < -0.39 is 5.91 Å². The van der Waals surface area contributed by atoms with E-state index in [2.05, 4.69) is 10.6 Å². The third-order valence-electron chi connectivity index (χ3n) is 3.17. The minimum atomic E-state index is -0.579. The fourth-order valence-electron chi connectivity index (χ4n) is 1.89. The summed E-state index contributed by atoms with van der Waals surface area (Å²) in [5, 5.41) is 23.7. The van der Waals surface area contributed by atoms with Gasteiger partial charge < -0.3 is 15.4 Å². The van der Waals surface area contributed by atoms with Crippen LogP contribution in [-0.2, 0) is 4.79 Å². The van der Waals surface area contributed by atoms with Gasteiger partial charge in [0.25, 0.3) is 5.91 Å². The molecule has 0 saturated carbocycles. The second kappa shape index (κ2) is 8.39. The van der Waals surface area contributed by atoms with E-state index in [1.807, 2.05) is 12.1 Å². The van der Waals surface area contributed by atoms with Crippen molar-refractivity contribution >= 4 is 28.9 Å². The van der Waals surface area contributed by atoms with Crippen LogP contribution in [-0.4, -0.2) is 13.0 Å². The molecule has 0 bridgehead atoms. The molecule has 7 heteroatoms. The van der Waals surface area contributed by atoms with Gasteiger partial charge in [-0.05, 0) is 42.5 Å². The van der Waals surface area contributed by atoms with Gasteiger partial charge in [-0.2, -0.15) is 10.5 Å². The highest BCUT2D eigenvalue weighted by Crippen LogP contribution is 2.27. The molecule has 124 valence electrons. The minimum Gasteiger partial charge on any atom is -0.495 e. The molecular formula is C18H13ClN4O2. The summed E-state index contributed by atoms with van der Waals surface area (Å²) in [6, 6.07) is 15.2. The van der Waals surface area contributed by atoms with Crippen molar-refractivity contribution in [3.05, 3.63) is 64.8 Å². The van der Waals surface area contributed by atoms with Crippen LogP contribution in [0.2, 0.25) is 5.02 Å². The predicted octanol–water partition coefficient (Wildman–Crippen LogP) is 3.68. The number of nitrogens with one attached hydrogen (secondary N) is 2. The fraction of sp³-hybridized carbons (Fsp3) is 0.0556. The SMILES string of the molecule is COc1ccc(NC(=O)/C(C#N)=C\Nc2ccc(C#N)cc2)cc1Cl. The topological polar surface area (TPSA) is 97.9 Å². The lowest BCUT2D eigenvalue weighted by molar-refractivity contribution is -0.112. The van der Waals surface area contributed by atoms with Gasteiger partial charge in [0.2, 0.25) is 0 Å². The van der Waals surface area contributed by atoms with Gasteiger partial charge >= 0.3 is 0 Å². The van der Waals surface area contributed by atoms with Crippen LogP contribution < -0.4 is 15.4 Å². The number of methoxy groups -OCH3 is 1. The Hall–Kier alpha value is -3.48. The van der Waals surface area contributed by atoms with Gasteiger partial charge in [-0.15, -0.1) is 0 Å². The molecule has 0 unspecified atom stereocenters. The number of hydrogen-bond donors (Lipinski definition) is 2. The second-order valence-corrected chi connectivity index (χ2v) is 5.21. The van der Waals surface area contributed by atoms with E-state index >= 15 is 0 Å². The van der Waals surface area contributed by atoms with Gasteiger partial charge in [0.15, 0.2) is 0 Å². The van der Waals surface area contributed by atoms with E-state index in [-0.39, 0.29) is 5.57 Å². The van der Waals surface area contributed by atoms with Gasteiger partial charge in [-0.25, -0.2) is 0 Å². The summed E-state index contributed by atoms with van der Waals surface area (Å²) in [4.78, 5) is 12.2. The lowest BCUT2D eigenvalue weighted by Crippen LogP contribution is -2.14. The summed E-state index contributed by atoms with van der Waals surface area (Å²) in [7, 11) is 1.49. The number of nitriles is 2. The standard InChI is InChI=1S/C18H13ClN4O2/c1-25-17-7-6-15(8-16(17)19)23-18(24)13(10-21)11-22-14-4-2-12(9-20)3-5-14/h2-8,11,22H,1H3,(H,23,24)/b13-11-. The largest absolute Gasteiger partial charge is 0.495 e. The molecule has 0 fully saturated rings. The minimum absolute atomic E-state index is 0.115. The summed E-state index contributed by atoms with van der Waals surface area (Å²) in [5.41, 5.74) is 1.49. The maximum atomic E-state index is 12.2. The maximum absolute atomic E-state index is 12.2. The van der Waals surface area contributed by atoms with Crippen molar-refractivity contribution < 1.29 is 9.53 Å². The third kappa shape index (κ3) is 4.74. The summed E-state index contributed by atoms with van der Waals surface area (Å²) in [5.74, 6) is -0.0944. The van der Waals surface area contributed by atoms with Crippen molar-refractivity contribution in [2.75, 3.05) is 17.7 Å². The van der Waals surface area contributed by atoms with Crippen LogP contribution in [0.3, 0.4) is 0 Å². The van der Waals surface area contributed by atoms with Crippen LogP contribution in [0.5, 0.6) is 5.75 Å². The molecule has 6 nitrogen and oxygen atoms in total. The Morgan fingerprint density at radius 2 is 1.84 bits per heavy atom. The quantitative estimate of drug-likeness (QED) is 0.631. The summed E-state index contributed by atoms with van der Waals surface area (Å²) in [6.07, 6.45) is 1.29. The molecule has 0 radical (unpaired) electrons. The Labute approximate surface area is 149 Å². The number of carbonyl (C=O) groups excluding carboxylic acids is 1. The molecule has 1 amide bonds. The number of halogens is 1. The monoisotopic (exact) mass is 352 g/mol. The summed E-state index contributed by atoms with van der Waals surface area (Å²) < 4.78 is 5.04.